The van der Waals surface area contributed by atoms with E-state index in [1.807, 2.05) is 0 Å². The molecule has 1 aromatic heterocycles. The number of rotatable bonds is 3. The summed E-state index contributed by atoms with van der Waals surface area (Å²) in [5.74, 6) is -4.95. The Hall–Kier alpha value is -0.950. The molecule has 2 unspecified atom stereocenters. The Morgan fingerprint density at radius 2 is 2.00 bits per heavy atom. The Morgan fingerprint density at radius 1 is 1.35 bits per heavy atom. The third-order valence-electron chi connectivity index (χ3n) is 2.60. The molecule has 1 saturated heterocycles. The normalized spacial score (nSPS) is 29.1. The second-order valence-corrected chi connectivity index (χ2v) is 4.56. The smallest absolute Gasteiger partial charge is 0.349 e. The average Bonchev–Trinajstić information content (AvgIpc) is 2.74. The molecule has 2 rings (SSSR count). The zero-order valence-corrected chi connectivity index (χ0v) is 9.12. The molecule has 0 amide bonds. The Morgan fingerprint density at radius 3 is 2.41 bits per heavy atom. The van der Waals surface area contributed by atoms with Gasteiger partial charge < -0.3 is 4.74 Å². The fraction of sp³-hybridized carbons (Fsp3) is 0.400. The number of ether oxygens (including phenoxy) is 1. The molecule has 2 atom stereocenters. The molecule has 0 spiro atoms. The second-order valence-electron chi connectivity index (χ2n) is 3.58. The van der Waals surface area contributed by atoms with Crippen molar-refractivity contribution in [3.8, 4) is 0 Å². The molecule has 1 aliphatic heterocycles. The van der Waals surface area contributed by atoms with Crippen LogP contribution in [0, 0.1) is 0 Å². The summed E-state index contributed by atoms with van der Waals surface area (Å²) in [6.07, 6.45) is -6.41. The largest absolute Gasteiger partial charge is 0.456 e. The highest BCUT2D eigenvalue weighted by Gasteiger charge is 2.80. The molecule has 0 saturated carbocycles. The Balaban J connectivity index is 2.34. The molecular formula is C10H7F5OS. The van der Waals surface area contributed by atoms with E-state index in [0.717, 1.165) is 11.3 Å². The van der Waals surface area contributed by atoms with Crippen molar-refractivity contribution in [2.75, 3.05) is 0 Å². The van der Waals surface area contributed by atoms with E-state index in [4.69, 9.17) is 0 Å². The molecular weight excluding hydrogens is 263 g/mol. The summed E-state index contributed by atoms with van der Waals surface area (Å²) in [5.41, 5.74) is -2.67. The van der Waals surface area contributed by atoms with Crippen molar-refractivity contribution >= 4 is 11.3 Å². The Bertz CT molecular complexity index is 424. The standard InChI is InChI=1S/C10H7F5OS/c1-2-8(9(11,12)10(13,14)15)7(16-8)6-4-3-5-17-6/h2-5,7H,1H2. The summed E-state index contributed by atoms with van der Waals surface area (Å²) in [4.78, 5) is 0.328. The minimum absolute atomic E-state index is 0.328. The maximum atomic E-state index is 13.3. The number of epoxide rings is 1. The first-order valence-electron chi connectivity index (χ1n) is 4.55. The fourth-order valence-corrected chi connectivity index (χ4v) is 2.43. The highest BCUT2D eigenvalue weighted by molar-refractivity contribution is 7.10. The van der Waals surface area contributed by atoms with Gasteiger partial charge in [-0.05, 0) is 11.4 Å². The second kappa shape index (κ2) is 3.52. The van der Waals surface area contributed by atoms with E-state index in [9.17, 15) is 22.0 Å². The first kappa shape index (κ1) is 12.5. The van der Waals surface area contributed by atoms with Gasteiger partial charge in [0.15, 0.2) is 5.60 Å². The topological polar surface area (TPSA) is 12.5 Å². The predicted molar refractivity (Wildman–Crippen MR) is 52.1 cm³/mol. The van der Waals surface area contributed by atoms with Gasteiger partial charge in [0.2, 0.25) is 0 Å². The quantitative estimate of drug-likeness (QED) is 0.460. The van der Waals surface area contributed by atoms with Crippen LogP contribution in [0.2, 0.25) is 0 Å². The van der Waals surface area contributed by atoms with Crippen LogP contribution in [0.1, 0.15) is 11.0 Å². The van der Waals surface area contributed by atoms with Crippen molar-refractivity contribution < 1.29 is 26.7 Å². The number of hydrogen-bond donors (Lipinski definition) is 0. The lowest BCUT2D eigenvalue weighted by Crippen LogP contribution is -2.49. The zero-order chi connectivity index (χ0) is 12.9. The predicted octanol–water partition coefficient (Wildman–Crippen LogP) is 3.94. The van der Waals surface area contributed by atoms with Crippen LogP contribution in [0.5, 0.6) is 0 Å². The van der Waals surface area contributed by atoms with Gasteiger partial charge in [0.1, 0.15) is 6.10 Å². The molecule has 1 fully saturated rings. The summed E-state index contributed by atoms with van der Waals surface area (Å²) in [6, 6.07) is 3.01. The summed E-state index contributed by atoms with van der Waals surface area (Å²) in [7, 11) is 0. The van der Waals surface area contributed by atoms with Gasteiger partial charge >= 0.3 is 12.1 Å². The third-order valence-corrected chi connectivity index (χ3v) is 3.51. The van der Waals surface area contributed by atoms with E-state index in [1.165, 1.54) is 6.07 Å². The van der Waals surface area contributed by atoms with E-state index in [0.29, 0.717) is 11.0 Å². The first-order chi connectivity index (χ1) is 7.76. The molecule has 7 heteroatoms. The van der Waals surface area contributed by atoms with Gasteiger partial charge in [0, 0.05) is 4.88 Å². The highest BCUT2D eigenvalue weighted by atomic mass is 32.1. The number of hydrogen-bond acceptors (Lipinski definition) is 2. The molecule has 1 nitrogen and oxygen atoms in total. The Kier molecular flexibility index (Phi) is 2.59. The van der Waals surface area contributed by atoms with Gasteiger partial charge in [-0.25, -0.2) is 0 Å². The summed E-state index contributed by atoms with van der Waals surface area (Å²) >= 11 is 1.06. The van der Waals surface area contributed by atoms with Crippen molar-refractivity contribution in [1.82, 2.24) is 0 Å². The van der Waals surface area contributed by atoms with E-state index in [1.54, 1.807) is 11.4 Å². The highest BCUT2D eigenvalue weighted by Crippen LogP contribution is 2.63. The molecule has 1 aliphatic rings. The van der Waals surface area contributed by atoms with Crippen molar-refractivity contribution in [3.63, 3.8) is 0 Å². The number of halogens is 5. The van der Waals surface area contributed by atoms with Crippen molar-refractivity contribution in [1.29, 1.82) is 0 Å². The molecule has 0 radical (unpaired) electrons. The minimum atomic E-state index is -5.66. The van der Waals surface area contributed by atoms with Crippen LogP contribution in [0.4, 0.5) is 22.0 Å². The molecule has 0 aromatic carbocycles. The molecule has 94 valence electrons. The van der Waals surface area contributed by atoms with Crippen LogP contribution in [0.3, 0.4) is 0 Å². The molecule has 0 N–H and O–H groups in total. The third kappa shape index (κ3) is 1.60. The van der Waals surface area contributed by atoms with E-state index in [2.05, 4.69) is 11.3 Å². The monoisotopic (exact) mass is 270 g/mol. The van der Waals surface area contributed by atoms with Crippen molar-refractivity contribution in [2.24, 2.45) is 0 Å². The maximum Gasteiger partial charge on any atom is 0.456 e. The van der Waals surface area contributed by atoms with Gasteiger partial charge in [0.25, 0.3) is 0 Å². The van der Waals surface area contributed by atoms with Crippen LogP contribution in [-0.2, 0) is 4.74 Å². The SMILES string of the molecule is C=CC1(C(F)(F)C(F)(F)F)OC1c1cccs1. The number of thiophene rings is 1. The average molecular weight is 270 g/mol. The van der Waals surface area contributed by atoms with Crippen LogP contribution < -0.4 is 0 Å². The van der Waals surface area contributed by atoms with Gasteiger partial charge in [-0.2, -0.15) is 22.0 Å². The van der Waals surface area contributed by atoms with Gasteiger partial charge in [0.05, 0.1) is 0 Å². The Labute approximate surface area is 97.5 Å². The first-order valence-corrected chi connectivity index (χ1v) is 5.43. The van der Waals surface area contributed by atoms with Crippen LogP contribution in [0.25, 0.3) is 0 Å². The fourth-order valence-electron chi connectivity index (χ4n) is 1.61. The minimum Gasteiger partial charge on any atom is -0.349 e. The molecule has 1 aromatic rings. The van der Waals surface area contributed by atoms with Gasteiger partial charge in [-0.15, -0.1) is 11.3 Å². The maximum absolute atomic E-state index is 13.3. The van der Waals surface area contributed by atoms with Gasteiger partial charge in [-0.3, -0.25) is 0 Å². The van der Waals surface area contributed by atoms with E-state index in [-0.39, 0.29) is 0 Å². The summed E-state index contributed by atoms with van der Waals surface area (Å²) < 4.78 is 68.1. The van der Waals surface area contributed by atoms with Crippen LogP contribution in [0.15, 0.2) is 30.2 Å². The van der Waals surface area contributed by atoms with E-state index >= 15 is 0 Å². The van der Waals surface area contributed by atoms with Gasteiger partial charge in [-0.1, -0.05) is 18.7 Å². The summed E-state index contributed by atoms with van der Waals surface area (Å²) in [5, 5.41) is 1.58. The number of alkyl halides is 5. The van der Waals surface area contributed by atoms with Crippen molar-refractivity contribution in [2.45, 2.75) is 23.8 Å². The molecule has 2 heterocycles. The molecule has 0 aliphatic carbocycles. The lowest BCUT2D eigenvalue weighted by Gasteiger charge is -2.24. The molecule has 0 bridgehead atoms. The van der Waals surface area contributed by atoms with E-state index < -0.39 is 23.8 Å². The zero-order valence-electron chi connectivity index (χ0n) is 8.30. The molecule has 17 heavy (non-hydrogen) atoms. The van der Waals surface area contributed by atoms with Crippen molar-refractivity contribution in [3.05, 3.63) is 35.0 Å². The van der Waals surface area contributed by atoms with Crippen LogP contribution in [-0.4, -0.2) is 17.7 Å². The lowest BCUT2D eigenvalue weighted by molar-refractivity contribution is -0.299. The van der Waals surface area contributed by atoms with Crippen LogP contribution >= 0.6 is 11.3 Å². The summed E-state index contributed by atoms with van der Waals surface area (Å²) in [6.45, 7) is 3.03. The lowest BCUT2D eigenvalue weighted by atomic mass is 9.96.